The molecule has 58 heavy (non-hydrogen) atoms. The Morgan fingerprint density at radius 3 is 1.81 bits per heavy atom. The first-order valence-electron chi connectivity index (χ1n) is 18.8. The Balaban J connectivity index is 0.000000404. The summed E-state index contributed by atoms with van der Waals surface area (Å²) in [7, 11) is -2.42. The lowest BCUT2D eigenvalue weighted by molar-refractivity contribution is -0.148. The zero-order valence-electron chi connectivity index (χ0n) is 32.5. The van der Waals surface area contributed by atoms with Gasteiger partial charge in [0, 0.05) is 4.75 Å². The highest BCUT2D eigenvalue weighted by molar-refractivity contribution is 8.01. The van der Waals surface area contributed by atoms with Crippen LogP contribution in [0.2, 0.25) is 0 Å². The first-order chi connectivity index (χ1) is 27.7. The van der Waals surface area contributed by atoms with E-state index in [1.165, 1.54) is 12.1 Å². The number of β-lactam (4-membered cyclic amide) rings is 1. The van der Waals surface area contributed by atoms with Gasteiger partial charge in [0.15, 0.2) is 0 Å². The molecule has 5 aromatic rings. The van der Waals surface area contributed by atoms with E-state index in [1.54, 1.807) is 35.9 Å². The number of methoxy groups -OCH3 is 1. The van der Waals surface area contributed by atoms with E-state index in [0.29, 0.717) is 11.6 Å². The van der Waals surface area contributed by atoms with Crippen LogP contribution in [0.15, 0.2) is 149 Å². The van der Waals surface area contributed by atoms with Crippen LogP contribution >= 0.6 is 11.8 Å². The highest BCUT2D eigenvalue weighted by Gasteiger charge is 2.65. The molecule has 0 bridgehead atoms. The number of nitrogens with zero attached hydrogens (tertiary/aromatic N) is 3. The molecule has 3 aliphatic heterocycles. The standard InChI is InChI=1S/C38H36N4O4S.C7H8O3S/c1-37(2)33(34-39-30(43)23-31(44)41(34)24-25-19-21-29(46-3)22-20-25)42-35(45)32(36(42)47-37)40-38(26-13-7-4-8-14-26,27-15-9-5-10-16-27)28-17-11-6-12-18-28;1-6-2-4-7(5-3-6)11(8,9)10/h4-22,32-33,36,40H,23-24H2,1-3H3;2-5H,1H3,(H,8,9,10)/t32?,33?,36-;/m1./s1. The van der Waals surface area contributed by atoms with Crippen molar-refractivity contribution in [3.63, 3.8) is 0 Å². The van der Waals surface area contributed by atoms with Crippen LogP contribution in [-0.4, -0.2) is 75.6 Å². The number of carbonyl (C=O) groups excluding carboxylic acids is 3. The molecule has 3 aliphatic rings. The zero-order valence-corrected chi connectivity index (χ0v) is 34.1. The van der Waals surface area contributed by atoms with Crippen molar-refractivity contribution >= 4 is 45.4 Å². The maximum absolute atomic E-state index is 14.4. The fraction of sp³-hybridized carbons (Fsp3) is 0.244. The molecular weight excluding hydrogens is 773 g/mol. The van der Waals surface area contributed by atoms with Gasteiger partial charge in [-0.2, -0.15) is 13.4 Å². The molecular formula is C45H44N4O7S2. The Morgan fingerprint density at radius 2 is 1.33 bits per heavy atom. The summed E-state index contributed by atoms with van der Waals surface area (Å²) < 4.78 is 34.3. The van der Waals surface area contributed by atoms with Gasteiger partial charge >= 0.3 is 0 Å². The Kier molecular flexibility index (Phi) is 11.4. The molecule has 2 saturated heterocycles. The second kappa shape index (κ2) is 16.3. The third kappa shape index (κ3) is 7.95. The molecule has 3 amide bonds. The maximum Gasteiger partial charge on any atom is 0.294 e. The summed E-state index contributed by atoms with van der Waals surface area (Å²) in [5.74, 6) is 0.136. The molecule has 2 N–H and O–H groups in total. The third-order valence-corrected chi connectivity index (χ3v) is 13.1. The van der Waals surface area contributed by atoms with E-state index in [-0.39, 0.29) is 35.0 Å². The number of fused-ring (bicyclic) bond motifs is 1. The van der Waals surface area contributed by atoms with Gasteiger partial charge in [0.1, 0.15) is 35.5 Å². The number of ether oxygens (including phenoxy) is 1. The average Bonchev–Trinajstić information content (AvgIpc) is 3.47. The number of hydrogen-bond donors (Lipinski definition) is 2. The quantitative estimate of drug-likeness (QED) is 0.0689. The van der Waals surface area contributed by atoms with Crippen LogP contribution in [0.3, 0.4) is 0 Å². The van der Waals surface area contributed by atoms with Gasteiger partial charge in [-0.1, -0.05) is 121 Å². The molecule has 298 valence electrons. The first-order valence-corrected chi connectivity index (χ1v) is 21.1. The number of nitrogens with one attached hydrogen (secondary N) is 1. The number of aliphatic imine (C=N–C) groups is 1. The van der Waals surface area contributed by atoms with Crippen LogP contribution in [0, 0.1) is 6.92 Å². The summed E-state index contributed by atoms with van der Waals surface area (Å²) >= 11 is 1.67. The van der Waals surface area contributed by atoms with Crippen molar-refractivity contribution in [3.8, 4) is 5.75 Å². The molecule has 3 heterocycles. The number of amides is 3. The van der Waals surface area contributed by atoms with E-state index < -0.39 is 38.4 Å². The third-order valence-electron chi connectivity index (χ3n) is 10.6. The number of amidine groups is 1. The molecule has 11 nitrogen and oxygen atoms in total. The molecule has 13 heteroatoms. The van der Waals surface area contributed by atoms with E-state index >= 15 is 0 Å². The van der Waals surface area contributed by atoms with Crippen LogP contribution in [0.4, 0.5) is 0 Å². The topological polar surface area (TPSA) is 146 Å². The molecule has 3 atom stereocenters. The van der Waals surface area contributed by atoms with Gasteiger partial charge in [-0.15, -0.1) is 11.8 Å². The van der Waals surface area contributed by atoms with Gasteiger partial charge in [-0.25, -0.2) is 0 Å². The molecule has 2 fully saturated rings. The van der Waals surface area contributed by atoms with Gasteiger partial charge in [0.25, 0.3) is 16.0 Å². The smallest absolute Gasteiger partial charge is 0.294 e. The molecule has 0 saturated carbocycles. The van der Waals surface area contributed by atoms with E-state index in [4.69, 9.17) is 9.29 Å². The van der Waals surface area contributed by atoms with Gasteiger partial charge < -0.3 is 9.64 Å². The molecule has 8 rings (SSSR count). The minimum Gasteiger partial charge on any atom is -0.497 e. The second-order valence-electron chi connectivity index (χ2n) is 14.9. The first kappa shape index (κ1) is 40.6. The predicted molar refractivity (Wildman–Crippen MR) is 224 cm³/mol. The van der Waals surface area contributed by atoms with Crippen molar-refractivity contribution in [1.29, 1.82) is 0 Å². The van der Waals surface area contributed by atoms with E-state index in [1.807, 2.05) is 90.7 Å². The summed E-state index contributed by atoms with van der Waals surface area (Å²) in [6.07, 6.45) is -0.296. The molecule has 0 aromatic heterocycles. The second-order valence-corrected chi connectivity index (χ2v) is 18.1. The van der Waals surface area contributed by atoms with Gasteiger partial charge in [-0.05, 0) is 67.3 Å². The van der Waals surface area contributed by atoms with Crippen molar-refractivity contribution in [2.45, 2.75) is 66.4 Å². The van der Waals surface area contributed by atoms with E-state index in [2.05, 4.69) is 60.6 Å². The van der Waals surface area contributed by atoms with Crippen molar-refractivity contribution in [2.24, 2.45) is 4.99 Å². The van der Waals surface area contributed by atoms with Crippen molar-refractivity contribution < 1.29 is 32.1 Å². The highest BCUT2D eigenvalue weighted by atomic mass is 32.2. The van der Waals surface area contributed by atoms with Crippen LogP contribution < -0.4 is 10.1 Å². The fourth-order valence-electron chi connectivity index (χ4n) is 7.79. The lowest BCUT2D eigenvalue weighted by Gasteiger charge is -2.50. The Morgan fingerprint density at radius 1 is 0.810 bits per heavy atom. The summed E-state index contributed by atoms with van der Waals surface area (Å²) in [5.41, 5.74) is 4.04. The molecule has 0 aliphatic carbocycles. The summed E-state index contributed by atoms with van der Waals surface area (Å²) in [6, 6.07) is 42.9. The molecule has 2 unspecified atom stereocenters. The van der Waals surface area contributed by atoms with Crippen LogP contribution in [0.5, 0.6) is 5.75 Å². The monoisotopic (exact) mass is 816 g/mol. The van der Waals surface area contributed by atoms with E-state index in [9.17, 15) is 22.8 Å². The van der Waals surface area contributed by atoms with Crippen LogP contribution in [-0.2, 0) is 36.6 Å². The molecule has 0 radical (unpaired) electrons. The van der Waals surface area contributed by atoms with Crippen molar-refractivity contribution in [1.82, 2.24) is 15.1 Å². The Bertz CT molecular complexity index is 2330. The summed E-state index contributed by atoms with van der Waals surface area (Å²) in [5, 5.41) is 3.61. The van der Waals surface area contributed by atoms with Crippen LogP contribution in [0.1, 0.15) is 48.1 Å². The number of thioether (sulfide) groups is 1. The summed E-state index contributed by atoms with van der Waals surface area (Å²) in [4.78, 5) is 48.4. The van der Waals surface area contributed by atoms with Gasteiger partial charge in [-0.3, -0.25) is 29.2 Å². The van der Waals surface area contributed by atoms with E-state index in [0.717, 1.165) is 27.8 Å². The number of aryl methyl sites for hydroxylation is 1. The minimum atomic E-state index is -4.02. The zero-order chi connectivity index (χ0) is 41.2. The van der Waals surface area contributed by atoms with Gasteiger partial charge in [0.2, 0.25) is 11.8 Å². The van der Waals surface area contributed by atoms with Crippen molar-refractivity contribution in [3.05, 3.63) is 167 Å². The number of hydrogen-bond acceptors (Lipinski definition) is 8. The average molecular weight is 817 g/mol. The molecule has 5 aromatic carbocycles. The normalized spacial score (nSPS) is 20.1. The molecule has 0 spiro atoms. The minimum absolute atomic E-state index is 0.0666. The number of benzene rings is 5. The summed E-state index contributed by atoms with van der Waals surface area (Å²) in [6.45, 7) is 6.19. The van der Waals surface area contributed by atoms with Crippen molar-refractivity contribution in [2.75, 3.05) is 7.11 Å². The fourth-order valence-corrected chi connectivity index (χ4v) is 9.90. The largest absolute Gasteiger partial charge is 0.497 e. The Labute approximate surface area is 342 Å². The lowest BCUT2D eigenvalue weighted by atomic mass is 9.76. The Hall–Kier alpha value is -5.60. The van der Waals surface area contributed by atoms with Gasteiger partial charge in [0.05, 0.1) is 24.1 Å². The van der Waals surface area contributed by atoms with Crippen LogP contribution in [0.25, 0.3) is 0 Å². The lowest BCUT2D eigenvalue weighted by Crippen LogP contribution is -2.73. The number of rotatable bonds is 10. The highest BCUT2D eigenvalue weighted by Crippen LogP contribution is 2.53. The SMILES string of the molecule is COc1ccc(CN2C(=O)CC(=O)N=C2C2N3C(=O)C(NC(c4ccccc4)(c4ccccc4)c4ccccc4)[C@H]3SC2(C)C)cc1.Cc1ccc(S(=O)(=O)O)cc1. The maximum atomic E-state index is 14.4. The predicted octanol–water partition coefficient (Wildman–Crippen LogP) is 6.61. The number of carbonyl (C=O) groups is 3.